The molecule has 0 saturated carbocycles. The summed E-state index contributed by atoms with van der Waals surface area (Å²) in [5.41, 5.74) is 9.49. The fraction of sp³-hybridized carbons (Fsp3) is 0.148. The number of rotatable bonds is 4. The van der Waals surface area contributed by atoms with Gasteiger partial charge in [-0.15, -0.1) is 0 Å². The van der Waals surface area contributed by atoms with Gasteiger partial charge in [0.15, 0.2) is 0 Å². The van der Waals surface area contributed by atoms with Crippen molar-refractivity contribution >= 4 is 16.7 Å². The summed E-state index contributed by atoms with van der Waals surface area (Å²) in [6.45, 7) is 2.84. The summed E-state index contributed by atoms with van der Waals surface area (Å²) in [5.74, 6) is 0.821. The van der Waals surface area contributed by atoms with Crippen LogP contribution in [0.5, 0.6) is 5.75 Å². The van der Waals surface area contributed by atoms with Crippen LogP contribution in [0.15, 0.2) is 72.2 Å². The van der Waals surface area contributed by atoms with Crippen molar-refractivity contribution in [3.8, 4) is 28.3 Å². The van der Waals surface area contributed by atoms with Crippen LogP contribution in [0.25, 0.3) is 33.5 Å². The monoisotopic (exact) mass is 446 g/mol. The third-order valence-corrected chi connectivity index (χ3v) is 6.24. The molecule has 1 N–H and O–H groups in total. The molecule has 34 heavy (non-hydrogen) atoms. The van der Waals surface area contributed by atoms with Crippen molar-refractivity contribution in [3.63, 3.8) is 0 Å². The molecule has 1 aliphatic rings. The number of aromatic amines is 1. The van der Waals surface area contributed by atoms with E-state index in [2.05, 4.69) is 39.0 Å². The predicted octanol–water partition coefficient (Wildman–Crippen LogP) is 4.79. The Morgan fingerprint density at radius 1 is 0.971 bits per heavy atom. The molecule has 0 fully saturated rings. The van der Waals surface area contributed by atoms with E-state index in [1.807, 2.05) is 36.5 Å². The molecule has 6 rings (SSSR count). The number of H-pyrrole nitrogens is 1. The Labute approximate surface area is 196 Å². The zero-order chi connectivity index (χ0) is 23.1. The summed E-state index contributed by atoms with van der Waals surface area (Å²) in [5, 5.41) is 1.07. The number of methoxy groups -OCH3 is 1. The lowest BCUT2D eigenvalue weighted by Gasteiger charge is -2.17. The maximum atomic E-state index is 5.45. The Hall–Kier alpha value is -4.39. The number of aryl methyl sites for hydroxylation is 1. The number of nitrogens with zero attached hydrogens (tertiary/aromatic N) is 5. The topological polar surface area (TPSA) is 88.9 Å². The highest BCUT2D eigenvalue weighted by atomic mass is 16.5. The van der Waals surface area contributed by atoms with E-state index in [9.17, 15) is 0 Å². The average Bonchev–Trinajstić information content (AvgIpc) is 3.25. The molecule has 4 aromatic heterocycles. The number of aliphatic imine (C=N–C) groups is 1. The molecule has 0 spiro atoms. The summed E-state index contributed by atoms with van der Waals surface area (Å²) < 4.78 is 5.45. The van der Waals surface area contributed by atoms with Gasteiger partial charge in [-0.2, -0.15) is 0 Å². The zero-order valence-electron chi connectivity index (χ0n) is 18.9. The zero-order valence-corrected chi connectivity index (χ0v) is 18.9. The van der Waals surface area contributed by atoms with E-state index in [4.69, 9.17) is 14.7 Å². The van der Waals surface area contributed by atoms with Crippen molar-refractivity contribution in [2.45, 2.75) is 13.3 Å². The maximum Gasteiger partial charge on any atom is 0.138 e. The first-order valence-electron chi connectivity index (χ1n) is 11.2. The van der Waals surface area contributed by atoms with Gasteiger partial charge in [0.2, 0.25) is 0 Å². The summed E-state index contributed by atoms with van der Waals surface area (Å²) in [6, 6.07) is 14.3. The van der Waals surface area contributed by atoms with Gasteiger partial charge in [0.25, 0.3) is 0 Å². The van der Waals surface area contributed by atoms with Crippen LogP contribution in [0.4, 0.5) is 0 Å². The lowest BCUT2D eigenvalue weighted by atomic mass is 9.96. The number of pyridine rings is 2. The lowest BCUT2D eigenvalue weighted by molar-refractivity contribution is 0.415. The molecule has 0 atom stereocenters. The Balaban J connectivity index is 1.51. The quantitative estimate of drug-likeness (QED) is 0.429. The minimum absolute atomic E-state index is 0.722. The van der Waals surface area contributed by atoms with E-state index in [0.29, 0.717) is 0 Å². The standard InChI is InChI=1S/C27H22N6O/c1-16-23-20(18-4-3-5-19(14-18)34-2)9-11-31-27(23)33-24(16)26-25-17(8-10-30-26)6-7-21(32-25)22-15-28-12-13-29-22/h3-7,9,11-15H,8,10H2,1-2H3,(H,31,33). The maximum absolute atomic E-state index is 5.45. The van der Waals surface area contributed by atoms with Crippen molar-refractivity contribution < 1.29 is 4.74 Å². The first kappa shape index (κ1) is 20.2. The van der Waals surface area contributed by atoms with Crippen LogP contribution in [-0.4, -0.2) is 44.3 Å². The van der Waals surface area contributed by atoms with Crippen LogP contribution in [0.3, 0.4) is 0 Å². The summed E-state index contributed by atoms with van der Waals surface area (Å²) >= 11 is 0. The molecule has 0 saturated heterocycles. The summed E-state index contributed by atoms with van der Waals surface area (Å²) in [4.78, 5) is 26.6. The average molecular weight is 447 g/mol. The summed E-state index contributed by atoms with van der Waals surface area (Å²) in [6.07, 6.45) is 7.76. The van der Waals surface area contributed by atoms with Crippen LogP contribution >= 0.6 is 0 Å². The molecule has 1 aliphatic heterocycles. The van der Waals surface area contributed by atoms with Gasteiger partial charge < -0.3 is 9.72 Å². The number of ether oxygens (including phenoxy) is 1. The van der Waals surface area contributed by atoms with Crippen molar-refractivity contribution in [2.75, 3.05) is 13.7 Å². The fourth-order valence-corrected chi connectivity index (χ4v) is 4.57. The van der Waals surface area contributed by atoms with E-state index in [1.54, 1.807) is 25.7 Å². The van der Waals surface area contributed by atoms with E-state index < -0.39 is 0 Å². The number of hydrogen-bond donors (Lipinski definition) is 1. The highest BCUT2D eigenvalue weighted by Crippen LogP contribution is 2.34. The Bertz CT molecular complexity index is 1550. The molecular formula is C27H22N6O. The van der Waals surface area contributed by atoms with Crippen molar-refractivity contribution in [3.05, 3.63) is 89.8 Å². The summed E-state index contributed by atoms with van der Waals surface area (Å²) in [7, 11) is 1.68. The van der Waals surface area contributed by atoms with Crippen LogP contribution in [0, 0.1) is 6.92 Å². The Morgan fingerprint density at radius 2 is 1.91 bits per heavy atom. The second-order valence-corrected chi connectivity index (χ2v) is 8.21. The number of nitrogens with one attached hydrogen (secondary N) is 1. The Morgan fingerprint density at radius 3 is 2.76 bits per heavy atom. The van der Waals surface area contributed by atoms with Gasteiger partial charge in [-0.3, -0.25) is 15.0 Å². The number of benzene rings is 1. The van der Waals surface area contributed by atoms with E-state index in [0.717, 1.165) is 74.9 Å². The molecule has 0 aliphatic carbocycles. The Kier molecular flexibility index (Phi) is 4.87. The first-order chi connectivity index (χ1) is 16.7. The van der Waals surface area contributed by atoms with Crippen LogP contribution in [0.1, 0.15) is 22.5 Å². The van der Waals surface area contributed by atoms with Crippen LogP contribution in [-0.2, 0) is 6.42 Å². The molecule has 0 bridgehead atoms. The van der Waals surface area contributed by atoms with Gasteiger partial charge in [0.05, 0.1) is 30.4 Å². The molecule has 166 valence electrons. The van der Waals surface area contributed by atoms with E-state index in [-0.39, 0.29) is 0 Å². The van der Waals surface area contributed by atoms with Gasteiger partial charge >= 0.3 is 0 Å². The van der Waals surface area contributed by atoms with E-state index >= 15 is 0 Å². The lowest BCUT2D eigenvalue weighted by Crippen LogP contribution is -2.17. The minimum atomic E-state index is 0.722. The van der Waals surface area contributed by atoms with E-state index in [1.165, 1.54) is 5.56 Å². The second-order valence-electron chi connectivity index (χ2n) is 8.21. The van der Waals surface area contributed by atoms with Gasteiger partial charge in [0.1, 0.15) is 22.8 Å². The number of aromatic nitrogens is 5. The van der Waals surface area contributed by atoms with Crippen LogP contribution < -0.4 is 4.74 Å². The molecular weight excluding hydrogens is 424 g/mol. The molecule has 0 radical (unpaired) electrons. The van der Waals surface area contributed by atoms with Crippen molar-refractivity contribution in [1.29, 1.82) is 0 Å². The van der Waals surface area contributed by atoms with Crippen LogP contribution in [0.2, 0.25) is 0 Å². The minimum Gasteiger partial charge on any atom is -0.497 e. The normalized spacial score (nSPS) is 12.9. The molecule has 0 amide bonds. The van der Waals surface area contributed by atoms with Gasteiger partial charge in [0, 0.05) is 30.5 Å². The van der Waals surface area contributed by atoms with Gasteiger partial charge in [-0.05, 0) is 59.9 Å². The number of fused-ring (bicyclic) bond motifs is 2. The molecule has 1 aromatic carbocycles. The molecule has 5 aromatic rings. The third kappa shape index (κ3) is 3.33. The third-order valence-electron chi connectivity index (χ3n) is 6.24. The smallest absolute Gasteiger partial charge is 0.138 e. The second kappa shape index (κ2) is 8.19. The largest absolute Gasteiger partial charge is 0.497 e. The van der Waals surface area contributed by atoms with Crippen molar-refractivity contribution in [2.24, 2.45) is 4.99 Å². The SMILES string of the molecule is COc1cccc(-c2ccnc3[nH]c(C4=NCCc5ccc(-c6cnccn6)nc54)c(C)c23)c1. The molecule has 0 unspecified atom stereocenters. The fourth-order valence-electron chi connectivity index (χ4n) is 4.57. The highest BCUT2D eigenvalue weighted by molar-refractivity contribution is 6.16. The first-order valence-corrected chi connectivity index (χ1v) is 11.2. The van der Waals surface area contributed by atoms with Gasteiger partial charge in [-0.25, -0.2) is 9.97 Å². The highest BCUT2D eigenvalue weighted by Gasteiger charge is 2.24. The van der Waals surface area contributed by atoms with Gasteiger partial charge in [-0.1, -0.05) is 18.2 Å². The number of hydrogen-bond acceptors (Lipinski definition) is 6. The predicted molar refractivity (Wildman–Crippen MR) is 132 cm³/mol. The molecule has 7 heteroatoms. The van der Waals surface area contributed by atoms with Crippen molar-refractivity contribution in [1.82, 2.24) is 24.9 Å². The molecule has 7 nitrogen and oxygen atoms in total. The molecule has 5 heterocycles.